The summed E-state index contributed by atoms with van der Waals surface area (Å²) in [7, 11) is 0. The van der Waals surface area contributed by atoms with Gasteiger partial charge in [-0.25, -0.2) is 0 Å². The molecule has 0 saturated heterocycles. The Balaban J connectivity index is 2.75. The number of nitrogens with zero attached hydrogens (tertiary/aromatic N) is 1. The van der Waals surface area contributed by atoms with Crippen molar-refractivity contribution < 1.29 is 4.79 Å². The van der Waals surface area contributed by atoms with Gasteiger partial charge in [0.2, 0.25) is 0 Å². The van der Waals surface area contributed by atoms with E-state index in [2.05, 4.69) is 16.8 Å². The van der Waals surface area contributed by atoms with Gasteiger partial charge in [-0.2, -0.15) is 0 Å². The van der Waals surface area contributed by atoms with Crippen LogP contribution in [0.5, 0.6) is 0 Å². The van der Waals surface area contributed by atoms with Gasteiger partial charge in [-0.1, -0.05) is 13.0 Å². The second-order valence-corrected chi connectivity index (χ2v) is 3.21. The molecule has 0 fully saturated rings. The summed E-state index contributed by atoms with van der Waals surface area (Å²) in [6, 6.07) is 3.81. The summed E-state index contributed by atoms with van der Waals surface area (Å²) in [5, 5.41) is 0. The number of aromatic nitrogens is 1. The van der Waals surface area contributed by atoms with Crippen molar-refractivity contribution in [2.24, 2.45) is 0 Å². The van der Waals surface area contributed by atoms with Crippen molar-refractivity contribution in [2.45, 2.75) is 33.1 Å². The summed E-state index contributed by atoms with van der Waals surface area (Å²) in [6.07, 6.45) is 3.59. The summed E-state index contributed by atoms with van der Waals surface area (Å²) in [5.74, 6) is 5.76. The molecule has 0 aliphatic rings. The number of rotatable bonds is 4. The molecule has 0 radical (unpaired) electrons. The predicted octanol–water partition coefficient (Wildman–Crippen LogP) is 2.63. The SMILES string of the molecule is CC#CCCC(=O)c1ncccc1CC. The maximum atomic E-state index is 11.8. The summed E-state index contributed by atoms with van der Waals surface area (Å²) in [4.78, 5) is 15.9. The lowest BCUT2D eigenvalue weighted by Gasteiger charge is -2.03. The smallest absolute Gasteiger partial charge is 0.182 e. The molecule has 0 bridgehead atoms. The molecule has 2 nitrogen and oxygen atoms in total. The number of carbonyl (C=O) groups is 1. The molecule has 0 N–H and O–H groups in total. The first kappa shape index (κ1) is 11.5. The van der Waals surface area contributed by atoms with E-state index in [-0.39, 0.29) is 5.78 Å². The molecule has 1 aromatic rings. The van der Waals surface area contributed by atoms with Gasteiger partial charge < -0.3 is 0 Å². The van der Waals surface area contributed by atoms with E-state index < -0.39 is 0 Å². The Morgan fingerprint density at radius 2 is 2.33 bits per heavy atom. The topological polar surface area (TPSA) is 30.0 Å². The van der Waals surface area contributed by atoms with Crippen LogP contribution in [0.1, 0.15) is 42.7 Å². The number of ketones is 1. The first-order valence-electron chi connectivity index (χ1n) is 5.16. The average molecular weight is 201 g/mol. The van der Waals surface area contributed by atoms with E-state index in [9.17, 15) is 4.79 Å². The van der Waals surface area contributed by atoms with Crippen LogP contribution in [0.2, 0.25) is 0 Å². The molecule has 1 heterocycles. The predicted molar refractivity (Wildman–Crippen MR) is 60.6 cm³/mol. The van der Waals surface area contributed by atoms with Crippen LogP contribution in [0.15, 0.2) is 18.3 Å². The molecule has 15 heavy (non-hydrogen) atoms. The van der Waals surface area contributed by atoms with Gasteiger partial charge >= 0.3 is 0 Å². The quantitative estimate of drug-likeness (QED) is 0.553. The second kappa shape index (κ2) is 5.98. The second-order valence-electron chi connectivity index (χ2n) is 3.21. The molecule has 2 heteroatoms. The van der Waals surface area contributed by atoms with E-state index in [1.807, 2.05) is 19.1 Å². The van der Waals surface area contributed by atoms with Crippen molar-refractivity contribution in [3.8, 4) is 11.8 Å². The molecule has 0 unspecified atom stereocenters. The zero-order valence-electron chi connectivity index (χ0n) is 9.21. The monoisotopic (exact) mass is 201 g/mol. The molecule has 0 atom stereocenters. The number of hydrogen-bond acceptors (Lipinski definition) is 2. The minimum atomic E-state index is 0.0928. The Morgan fingerprint density at radius 1 is 1.53 bits per heavy atom. The summed E-state index contributed by atoms with van der Waals surface area (Å²) in [5.41, 5.74) is 1.63. The van der Waals surface area contributed by atoms with Crippen LogP contribution in [0.3, 0.4) is 0 Å². The molecule has 0 spiro atoms. The molecular formula is C13H15NO. The molecule has 0 aliphatic heterocycles. The van der Waals surface area contributed by atoms with E-state index in [1.54, 1.807) is 13.1 Å². The average Bonchev–Trinajstić information content (AvgIpc) is 2.29. The van der Waals surface area contributed by atoms with E-state index in [0.29, 0.717) is 18.5 Å². The van der Waals surface area contributed by atoms with Crippen LogP contribution >= 0.6 is 0 Å². The maximum Gasteiger partial charge on any atom is 0.182 e. The van der Waals surface area contributed by atoms with E-state index in [0.717, 1.165) is 12.0 Å². The number of pyridine rings is 1. The maximum absolute atomic E-state index is 11.8. The number of Topliss-reactive ketones (excluding diaryl/α,β-unsaturated/α-hetero) is 1. The highest BCUT2D eigenvalue weighted by molar-refractivity contribution is 5.95. The lowest BCUT2D eigenvalue weighted by atomic mass is 10.1. The van der Waals surface area contributed by atoms with Crippen LogP contribution in [-0.4, -0.2) is 10.8 Å². The van der Waals surface area contributed by atoms with Gasteiger partial charge in [-0.05, 0) is 25.0 Å². The highest BCUT2D eigenvalue weighted by Gasteiger charge is 2.10. The van der Waals surface area contributed by atoms with E-state index in [1.165, 1.54) is 0 Å². The van der Waals surface area contributed by atoms with Crippen LogP contribution in [0.25, 0.3) is 0 Å². The van der Waals surface area contributed by atoms with Crippen molar-refractivity contribution in [3.63, 3.8) is 0 Å². The standard InChI is InChI=1S/C13H15NO/c1-3-5-6-9-12(15)13-11(4-2)8-7-10-14-13/h7-8,10H,4,6,9H2,1-2H3. The van der Waals surface area contributed by atoms with Crippen LogP contribution in [-0.2, 0) is 6.42 Å². The lowest BCUT2D eigenvalue weighted by molar-refractivity contribution is 0.0978. The largest absolute Gasteiger partial charge is 0.292 e. The van der Waals surface area contributed by atoms with Crippen LogP contribution < -0.4 is 0 Å². The summed E-state index contributed by atoms with van der Waals surface area (Å²) < 4.78 is 0. The Bertz CT molecular complexity index is 398. The highest BCUT2D eigenvalue weighted by Crippen LogP contribution is 2.09. The first-order chi connectivity index (χ1) is 7.29. The van der Waals surface area contributed by atoms with Gasteiger partial charge in [0.25, 0.3) is 0 Å². The Kier molecular flexibility index (Phi) is 4.56. The third kappa shape index (κ3) is 3.21. The zero-order chi connectivity index (χ0) is 11.1. The van der Waals surface area contributed by atoms with E-state index in [4.69, 9.17) is 0 Å². The van der Waals surface area contributed by atoms with Gasteiger partial charge in [0.1, 0.15) is 5.69 Å². The Hall–Kier alpha value is -1.62. The molecule has 0 saturated carbocycles. The Morgan fingerprint density at radius 3 is 3.00 bits per heavy atom. The van der Waals surface area contributed by atoms with Crippen molar-refractivity contribution in [1.82, 2.24) is 4.98 Å². The molecule has 0 amide bonds. The molecule has 0 aromatic carbocycles. The van der Waals surface area contributed by atoms with Gasteiger partial charge in [-0.15, -0.1) is 11.8 Å². The van der Waals surface area contributed by atoms with Crippen molar-refractivity contribution in [1.29, 1.82) is 0 Å². The van der Waals surface area contributed by atoms with Gasteiger partial charge in [0, 0.05) is 19.0 Å². The molecule has 78 valence electrons. The van der Waals surface area contributed by atoms with Crippen LogP contribution in [0, 0.1) is 11.8 Å². The fraction of sp³-hybridized carbons (Fsp3) is 0.385. The lowest BCUT2D eigenvalue weighted by Crippen LogP contribution is -2.05. The van der Waals surface area contributed by atoms with Gasteiger partial charge in [-0.3, -0.25) is 9.78 Å². The summed E-state index contributed by atoms with van der Waals surface area (Å²) in [6.45, 7) is 3.81. The van der Waals surface area contributed by atoms with Crippen LogP contribution in [0.4, 0.5) is 0 Å². The fourth-order valence-electron chi connectivity index (χ4n) is 1.39. The zero-order valence-corrected chi connectivity index (χ0v) is 9.21. The molecular weight excluding hydrogens is 186 g/mol. The summed E-state index contributed by atoms with van der Waals surface area (Å²) >= 11 is 0. The normalized spacial score (nSPS) is 9.20. The fourth-order valence-corrected chi connectivity index (χ4v) is 1.39. The first-order valence-corrected chi connectivity index (χ1v) is 5.16. The molecule has 0 aliphatic carbocycles. The van der Waals surface area contributed by atoms with E-state index >= 15 is 0 Å². The highest BCUT2D eigenvalue weighted by atomic mass is 16.1. The Labute approximate surface area is 90.7 Å². The third-order valence-corrected chi connectivity index (χ3v) is 2.19. The minimum absolute atomic E-state index is 0.0928. The minimum Gasteiger partial charge on any atom is -0.292 e. The molecule has 1 aromatic heterocycles. The van der Waals surface area contributed by atoms with Crippen molar-refractivity contribution in [3.05, 3.63) is 29.6 Å². The van der Waals surface area contributed by atoms with Crippen molar-refractivity contribution >= 4 is 5.78 Å². The van der Waals surface area contributed by atoms with Gasteiger partial charge in [0.15, 0.2) is 5.78 Å². The van der Waals surface area contributed by atoms with Gasteiger partial charge in [0.05, 0.1) is 0 Å². The molecule has 1 rings (SSSR count). The number of aryl methyl sites for hydroxylation is 1. The third-order valence-electron chi connectivity index (χ3n) is 2.19. The van der Waals surface area contributed by atoms with Crippen molar-refractivity contribution in [2.75, 3.05) is 0 Å². The number of hydrogen-bond donors (Lipinski definition) is 0. The number of carbonyl (C=O) groups excluding carboxylic acids is 1.